The summed E-state index contributed by atoms with van der Waals surface area (Å²) >= 11 is 0. The van der Waals surface area contributed by atoms with Crippen LogP contribution in [-0.2, 0) is 14.7 Å². The van der Waals surface area contributed by atoms with Gasteiger partial charge in [0.05, 0.1) is 22.4 Å². The first-order chi connectivity index (χ1) is 19.2. The van der Waals surface area contributed by atoms with Crippen molar-refractivity contribution in [1.29, 1.82) is 0 Å². The number of fused-ring (bicyclic) bond motifs is 5. The Morgan fingerprint density at radius 3 is 1.82 bits per heavy atom. The molecule has 3 nitrogen and oxygen atoms in total. The van der Waals surface area contributed by atoms with Gasteiger partial charge in [0.15, 0.2) is 0 Å². The number of carbonyl (C=O) groups is 2. The van der Waals surface area contributed by atoms with Crippen LogP contribution in [0.5, 0.6) is 0 Å². The Morgan fingerprint density at radius 2 is 1.23 bits per heavy atom. The maximum absolute atomic E-state index is 14.6. The Labute approximate surface area is 232 Å². The van der Waals surface area contributed by atoms with E-state index in [-0.39, 0.29) is 23.4 Å². The highest BCUT2D eigenvalue weighted by molar-refractivity contribution is 8.36. The SMILES string of the molecule is CCCP1P2C(c3ccccc3)=C(c3ccccc3)[C@]1(c1ccccc1)[C@@H]1C(=O)N(c3ccccc3)C(=O)[C@@H]12. The standard InChI is InChI=1S/C34H29NO2P2/c1-2-23-38-34(26-19-11-5-12-20-26)28(24-15-7-3-8-16-24)30(25-17-9-4-10-18-25)39(38)31-29(34)32(36)35(33(31)37)27-21-13-6-14-22-27/h3-22,29,31H,2,23H2,1H3/t29-,31+,34+,38?,39?/m0/s1. The molecule has 5 atom stereocenters. The molecule has 3 aliphatic heterocycles. The number of benzene rings is 4. The van der Waals surface area contributed by atoms with Gasteiger partial charge < -0.3 is 0 Å². The smallest absolute Gasteiger partial charge is 0.242 e. The zero-order valence-electron chi connectivity index (χ0n) is 21.8. The van der Waals surface area contributed by atoms with Crippen molar-refractivity contribution >= 4 is 43.6 Å². The van der Waals surface area contributed by atoms with Crippen LogP contribution in [0.2, 0.25) is 0 Å². The average molecular weight is 546 g/mol. The summed E-state index contributed by atoms with van der Waals surface area (Å²) in [6.07, 6.45) is 2.08. The summed E-state index contributed by atoms with van der Waals surface area (Å²) in [5.74, 6) is -0.433. The van der Waals surface area contributed by atoms with E-state index < -0.39 is 20.4 Å². The van der Waals surface area contributed by atoms with E-state index in [9.17, 15) is 9.59 Å². The Kier molecular flexibility index (Phi) is 6.11. The van der Waals surface area contributed by atoms with Crippen LogP contribution < -0.4 is 4.90 Å². The van der Waals surface area contributed by atoms with E-state index in [1.807, 2.05) is 36.4 Å². The Hall–Kier alpha value is -3.38. The minimum atomic E-state index is -0.904. The van der Waals surface area contributed by atoms with Crippen LogP contribution in [0.4, 0.5) is 5.69 Å². The monoisotopic (exact) mass is 545 g/mol. The predicted octanol–water partition coefficient (Wildman–Crippen LogP) is 8.32. The first-order valence-electron chi connectivity index (χ1n) is 13.6. The number of imide groups is 1. The average Bonchev–Trinajstić information content (AvgIpc) is 3.55. The minimum Gasteiger partial charge on any atom is -0.274 e. The Bertz CT molecular complexity index is 1570. The van der Waals surface area contributed by atoms with Gasteiger partial charge >= 0.3 is 0 Å². The lowest BCUT2D eigenvalue weighted by Gasteiger charge is -2.40. The number of para-hydroxylation sites is 1. The van der Waals surface area contributed by atoms with Gasteiger partial charge in [-0.1, -0.05) is 130 Å². The van der Waals surface area contributed by atoms with Crippen molar-refractivity contribution < 1.29 is 9.59 Å². The normalized spacial score (nSPS) is 27.4. The van der Waals surface area contributed by atoms with E-state index >= 15 is 0 Å². The fourth-order valence-electron chi connectivity index (χ4n) is 6.96. The molecule has 0 spiro atoms. The molecule has 2 amide bonds. The Morgan fingerprint density at radius 1 is 0.692 bits per heavy atom. The molecule has 0 radical (unpaired) electrons. The Balaban J connectivity index is 1.58. The molecule has 192 valence electrons. The van der Waals surface area contributed by atoms with E-state index in [1.54, 1.807) is 0 Å². The summed E-state index contributed by atoms with van der Waals surface area (Å²) in [7, 11) is -1.60. The van der Waals surface area contributed by atoms with Gasteiger partial charge in [-0.25, -0.2) is 4.90 Å². The molecule has 0 aromatic heterocycles. The third-order valence-electron chi connectivity index (χ3n) is 8.28. The zero-order chi connectivity index (χ0) is 26.6. The number of nitrogens with zero attached hydrogens (tertiary/aromatic N) is 1. The molecule has 0 aliphatic carbocycles. The molecule has 39 heavy (non-hydrogen) atoms. The van der Waals surface area contributed by atoms with E-state index in [0.717, 1.165) is 12.6 Å². The maximum Gasteiger partial charge on any atom is 0.242 e. The topological polar surface area (TPSA) is 37.4 Å². The molecule has 2 unspecified atom stereocenters. The minimum absolute atomic E-state index is 0.00994. The van der Waals surface area contributed by atoms with Gasteiger partial charge in [0.1, 0.15) is 0 Å². The fraction of sp³-hybridized carbons (Fsp3) is 0.176. The van der Waals surface area contributed by atoms with E-state index in [1.165, 1.54) is 32.5 Å². The number of hydrogen-bond donors (Lipinski definition) is 0. The molecule has 2 fully saturated rings. The van der Waals surface area contributed by atoms with Gasteiger partial charge in [-0.05, 0) is 53.5 Å². The molecule has 0 saturated carbocycles. The van der Waals surface area contributed by atoms with Crippen LogP contribution in [0.15, 0.2) is 121 Å². The van der Waals surface area contributed by atoms with Crippen molar-refractivity contribution in [3.63, 3.8) is 0 Å². The number of carbonyl (C=O) groups excluding carboxylic acids is 2. The fourth-order valence-corrected chi connectivity index (χ4v) is 19.0. The number of hydrogen-bond acceptors (Lipinski definition) is 2. The highest BCUT2D eigenvalue weighted by Gasteiger charge is 2.75. The molecule has 2 saturated heterocycles. The van der Waals surface area contributed by atoms with Crippen LogP contribution in [0.1, 0.15) is 30.0 Å². The lowest BCUT2D eigenvalue weighted by atomic mass is 9.74. The molecule has 3 aliphatic rings. The quantitative estimate of drug-likeness (QED) is 0.180. The molecule has 0 N–H and O–H groups in total. The van der Waals surface area contributed by atoms with Crippen LogP contribution in [0.3, 0.4) is 0 Å². The third-order valence-corrected chi connectivity index (χ3v) is 17.7. The number of rotatable bonds is 6. The van der Waals surface area contributed by atoms with Crippen LogP contribution >= 0.6 is 15.2 Å². The second-order valence-electron chi connectivity index (χ2n) is 10.3. The van der Waals surface area contributed by atoms with Crippen molar-refractivity contribution in [2.75, 3.05) is 11.1 Å². The van der Waals surface area contributed by atoms with Crippen molar-refractivity contribution in [1.82, 2.24) is 0 Å². The second-order valence-corrected chi connectivity index (χ2v) is 16.7. The van der Waals surface area contributed by atoms with E-state index in [0.29, 0.717) is 5.69 Å². The van der Waals surface area contributed by atoms with Gasteiger partial charge in [-0.2, -0.15) is 0 Å². The van der Waals surface area contributed by atoms with Gasteiger partial charge in [-0.15, -0.1) is 0 Å². The highest BCUT2D eigenvalue weighted by Crippen LogP contribution is 3.00. The van der Waals surface area contributed by atoms with Crippen molar-refractivity contribution in [2.24, 2.45) is 5.92 Å². The van der Waals surface area contributed by atoms with Crippen molar-refractivity contribution in [3.05, 3.63) is 138 Å². The zero-order valence-corrected chi connectivity index (χ0v) is 23.6. The second kappa shape index (κ2) is 9.67. The van der Waals surface area contributed by atoms with Gasteiger partial charge in [0.2, 0.25) is 11.8 Å². The molecule has 4 aromatic rings. The van der Waals surface area contributed by atoms with Gasteiger partial charge in [0, 0.05) is 0 Å². The third kappa shape index (κ3) is 3.43. The largest absolute Gasteiger partial charge is 0.274 e. The number of amides is 2. The maximum atomic E-state index is 14.6. The first kappa shape index (κ1) is 24.6. The molecule has 4 aromatic carbocycles. The molecule has 2 bridgehead atoms. The molecular weight excluding hydrogens is 516 g/mol. The molecule has 7 rings (SSSR count). The summed E-state index contributed by atoms with van der Waals surface area (Å²) in [6.45, 7) is 2.25. The first-order valence-corrected chi connectivity index (χ1v) is 17.2. The summed E-state index contributed by atoms with van der Waals surface area (Å²) in [5.41, 5.74) is 5.22. The summed E-state index contributed by atoms with van der Waals surface area (Å²) in [6, 6.07) is 41.5. The summed E-state index contributed by atoms with van der Waals surface area (Å²) in [4.78, 5) is 30.6. The van der Waals surface area contributed by atoms with Crippen LogP contribution in [-0.4, -0.2) is 23.6 Å². The molecule has 3 heterocycles. The molecular formula is C34H29NO2P2. The van der Waals surface area contributed by atoms with Gasteiger partial charge in [0.25, 0.3) is 0 Å². The van der Waals surface area contributed by atoms with Gasteiger partial charge in [-0.3, -0.25) is 9.59 Å². The van der Waals surface area contributed by atoms with Crippen LogP contribution in [0, 0.1) is 5.92 Å². The summed E-state index contributed by atoms with van der Waals surface area (Å²) in [5, 5.41) is 0.823. The predicted molar refractivity (Wildman–Crippen MR) is 163 cm³/mol. The summed E-state index contributed by atoms with van der Waals surface area (Å²) < 4.78 is 0. The van der Waals surface area contributed by atoms with Crippen molar-refractivity contribution in [2.45, 2.75) is 24.2 Å². The number of allylic oxidation sites excluding steroid dienone is 1. The van der Waals surface area contributed by atoms with Crippen molar-refractivity contribution in [3.8, 4) is 0 Å². The lowest BCUT2D eigenvalue weighted by Crippen LogP contribution is -2.40. The number of anilines is 1. The van der Waals surface area contributed by atoms with E-state index in [2.05, 4.69) is 91.9 Å². The highest BCUT2D eigenvalue weighted by atomic mass is 32.1. The lowest BCUT2D eigenvalue weighted by molar-refractivity contribution is -0.122. The molecule has 5 heteroatoms. The van der Waals surface area contributed by atoms with Crippen LogP contribution in [0.25, 0.3) is 10.9 Å². The van der Waals surface area contributed by atoms with E-state index in [4.69, 9.17) is 0 Å².